The predicted molar refractivity (Wildman–Crippen MR) is 125 cm³/mol. The van der Waals surface area contributed by atoms with Crippen molar-refractivity contribution in [3.63, 3.8) is 0 Å². The molecule has 2 saturated carbocycles. The average Bonchev–Trinajstić information content (AvgIpc) is 2.78. The van der Waals surface area contributed by atoms with E-state index in [1.807, 2.05) is 6.07 Å². The quantitative estimate of drug-likeness (QED) is 0.382. The summed E-state index contributed by atoms with van der Waals surface area (Å²) in [5.41, 5.74) is 1.05. The molecule has 0 aromatic heterocycles. The van der Waals surface area contributed by atoms with Gasteiger partial charge in [0.15, 0.2) is 11.6 Å². The van der Waals surface area contributed by atoms with E-state index >= 15 is 0 Å². The lowest BCUT2D eigenvalue weighted by Crippen LogP contribution is -2.30. The maximum atomic E-state index is 14.9. The molecule has 31 heavy (non-hydrogen) atoms. The Hall–Kier alpha value is -1.64. The molecule has 2 fully saturated rings. The van der Waals surface area contributed by atoms with Gasteiger partial charge in [-0.05, 0) is 78.9 Å². The molecule has 3 heteroatoms. The standard InChI is InChI=1S/C28H38F2O/c1-3-4-5-6-7-8-19-9-10-21-16-22(12-11-20(21)15-19)24-17-23-13-14-26(31-2)28(30)27(23)25(29)18-24/h13-14,17-22H,3-12,15-16H2,1-2H3/t19?,20-,21?,22-/m1/s1. The van der Waals surface area contributed by atoms with Gasteiger partial charge < -0.3 is 4.74 Å². The molecule has 4 atom stereocenters. The number of unbranched alkanes of at least 4 members (excludes halogenated alkanes) is 4. The fourth-order valence-corrected chi connectivity index (χ4v) is 6.36. The summed E-state index contributed by atoms with van der Waals surface area (Å²) in [6, 6.07) is 6.97. The molecule has 0 saturated heterocycles. The van der Waals surface area contributed by atoms with Gasteiger partial charge in [0.25, 0.3) is 0 Å². The smallest absolute Gasteiger partial charge is 0.175 e. The van der Waals surface area contributed by atoms with Crippen LogP contribution in [0.4, 0.5) is 8.78 Å². The molecule has 170 valence electrons. The Balaban J connectivity index is 1.38. The van der Waals surface area contributed by atoms with Crippen molar-refractivity contribution in [2.24, 2.45) is 17.8 Å². The number of benzene rings is 2. The van der Waals surface area contributed by atoms with Gasteiger partial charge in [-0.3, -0.25) is 0 Å². The van der Waals surface area contributed by atoms with Crippen LogP contribution in [0.1, 0.15) is 95.5 Å². The van der Waals surface area contributed by atoms with Crippen LogP contribution in [0, 0.1) is 29.4 Å². The van der Waals surface area contributed by atoms with E-state index in [1.165, 1.54) is 71.3 Å². The monoisotopic (exact) mass is 428 g/mol. The van der Waals surface area contributed by atoms with Crippen LogP contribution in [0.5, 0.6) is 5.75 Å². The summed E-state index contributed by atoms with van der Waals surface area (Å²) in [4.78, 5) is 0. The van der Waals surface area contributed by atoms with Crippen LogP contribution in [0.25, 0.3) is 10.8 Å². The molecule has 2 aromatic rings. The first-order chi connectivity index (χ1) is 15.1. The lowest BCUT2D eigenvalue weighted by atomic mass is 9.63. The number of hydrogen-bond acceptors (Lipinski definition) is 1. The van der Waals surface area contributed by atoms with Crippen molar-refractivity contribution in [2.45, 2.75) is 89.9 Å². The molecule has 0 N–H and O–H groups in total. The van der Waals surface area contributed by atoms with Gasteiger partial charge in [-0.2, -0.15) is 0 Å². The third-order valence-corrected chi connectivity index (χ3v) is 8.12. The summed E-state index contributed by atoms with van der Waals surface area (Å²) >= 11 is 0. The van der Waals surface area contributed by atoms with Gasteiger partial charge in [0.1, 0.15) is 5.82 Å². The van der Waals surface area contributed by atoms with Crippen molar-refractivity contribution in [1.82, 2.24) is 0 Å². The zero-order valence-electron chi connectivity index (χ0n) is 19.3. The fraction of sp³-hybridized carbons (Fsp3) is 0.643. The Kier molecular flexibility index (Phi) is 7.51. The van der Waals surface area contributed by atoms with Crippen LogP contribution in [-0.2, 0) is 0 Å². The van der Waals surface area contributed by atoms with E-state index < -0.39 is 11.6 Å². The largest absolute Gasteiger partial charge is 0.494 e. The third kappa shape index (κ3) is 5.07. The summed E-state index contributed by atoms with van der Waals surface area (Å²) in [5.74, 6) is 2.01. The summed E-state index contributed by atoms with van der Waals surface area (Å²) in [6.45, 7) is 2.28. The van der Waals surface area contributed by atoms with E-state index in [-0.39, 0.29) is 11.1 Å². The van der Waals surface area contributed by atoms with Crippen LogP contribution < -0.4 is 4.74 Å². The number of halogens is 2. The molecular weight excluding hydrogens is 390 g/mol. The number of fused-ring (bicyclic) bond motifs is 2. The lowest BCUT2D eigenvalue weighted by molar-refractivity contribution is 0.113. The van der Waals surface area contributed by atoms with Crippen molar-refractivity contribution in [2.75, 3.05) is 7.11 Å². The SMILES string of the molecule is CCCCCCCC1CCC2C[C@H](c3cc(F)c4c(F)c(OC)ccc4c3)CC[C@@H]2C1. The van der Waals surface area contributed by atoms with Crippen molar-refractivity contribution >= 4 is 10.8 Å². The highest BCUT2D eigenvalue weighted by Gasteiger charge is 2.36. The first kappa shape index (κ1) is 22.6. The number of ether oxygens (including phenoxy) is 1. The molecular formula is C28H38F2O. The summed E-state index contributed by atoms with van der Waals surface area (Å²) in [6.07, 6.45) is 16.0. The molecule has 2 aliphatic carbocycles. The van der Waals surface area contributed by atoms with Crippen LogP contribution in [0.2, 0.25) is 0 Å². The van der Waals surface area contributed by atoms with E-state index in [0.29, 0.717) is 11.3 Å². The van der Waals surface area contributed by atoms with Crippen LogP contribution in [0.15, 0.2) is 24.3 Å². The Bertz CT molecular complexity index is 877. The zero-order valence-corrected chi connectivity index (χ0v) is 19.3. The molecule has 0 bridgehead atoms. The molecule has 2 aliphatic rings. The van der Waals surface area contributed by atoms with Crippen molar-refractivity contribution in [3.8, 4) is 5.75 Å². The number of hydrogen-bond donors (Lipinski definition) is 0. The molecule has 0 spiro atoms. The van der Waals surface area contributed by atoms with Gasteiger partial charge in [0, 0.05) is 0 Å². The van der Waals surface area contributed by atoms with Crippen molar-refractivity contribution in [3.05, 3.63) is 41.5 Å². The van der Waals surface area contributed by atoms with Crippen molar-refractivity contribution in [1.29, 1.82) is 0 Å². The minimum Gasteiger partial charge on any atom is -0.494 e. The Morgan fingerprint density at radius 2 is 1.68 bits per heavy atom. The van der Waals surface area contributed by atoms with E-state index in [4.69, 9.17) is 4.74 Å². The summed E-state index contributed by atoms with van der Waals surface area (Å²) in [5, 5.41) is 0.693. The Morgan fingerprint density at radius 3 is 2.48 bits per heavy atom. The Morgan fingerprint density at radius 1 is 0.903 bits per heavy atom. The minimum absolute atomic E-state index is 0.0521. The highest BCUT2D eigenvalue weighted by atomic mass is 19.1. The molecule has 0 heterocycles. The third-order valence-electron chi connectivity index (χ3n) is 8.12. The maximum Gasteiger partial charge on any atom is 0.175 e. The normalized spacial score (nSPS) is 26.1. The van der Waals surface area contributed by atoms with E-state index in [0.717, 1.165) is 36.2 Å². The minimum atomic E-state index is -0.597. The fourth-order valence-electron chi connectivity index (χ4n) is 6.36. The summed E-state index contributed by atoms with van der Waals surface area (Å²) in [7, 11) is 1.41. The molecule has 4 rings (SSSR count). The van der Waals surface area contributed by atoms with Crippen LogP contribution in [0.3, 0.4) is 0 Å². The maximum absolute atomic E-state index is 14.9. The average molecular weight is 429 g/mol. The number of methoxy groups -OCH3 is 1. The first-order valence-corrected chi connectivity index (χ1v) is 12.6. The van der Waals surface area contributed by atoms with Gasteiger partial charge in [0.2, 0.25) is 0 Å². The van der Waals surface area contributed by atoms with Gasteiger partial charge in [-0.15, -0.1) is 0 Å². The zero-order chi connectivity index (χ0) is 21.8. The molecule has 1 nitrogen and oxygen atoms in total. The second-order valence-electron chi connectivity index (χ2n) is 10.1. The van der Waals surface area contributed by atoms with Gasteiger partial charge in [0.05, 0.1) is 12.5 Å². The van der Waals surface area contributed by atoms with E-state index in [1.54, 1.807) is 18.2 Å². The number of rotatable bonds is 8. The molecule has 0 amide bonds. The lowest BCUT2D eigenvalue weighted by Gasteiger charge is -2.42. The van der Waals surface area contributed by atoms with E-state index in [9.17, 15) is 8.78 Å². The second-order valence-corrected chi connectivity index (χ2v) is 10.1. The van der Waals surface area contributed by atoms with Gasteiger partial charge >= 0.3 is 0 Å². The first-order valence-electron chi connectivity index (χ1n) is 12.6. The molecule has 0 aliphatic heterocycles. The predicted octanol–water partition coefficient (Wildman–Crippen LogP) is 8.79. The van der Waals surface area contributed by atoms with Gasteiger partial charge in [-0.25, -0.2) is 8.78 Å². The van der Waals surface area contributed by atoms with Crippen molar-refractivity contribution < 1.29 is 13.5 Å². The highest BCUT2D eigenvalue weighted by Crippen LogP contribution is 2.49. The highest BCUT2D eigenvalue weighted by molar-refractivity contribution is 5.86. The van der Waals surface area contributed by atoms with Crippen LogP contribution in [-0.4, -0.2) is 7.11 Å². The van der Waals surface area contributed by atoms with Crippen LogP contribution >= 0.6 is 0 Å². The Labute approximate surface area is 186 Å². The van der Waals surface area contributed by atoms with E-state index in [2.05, 4.69) is 6.92 Å². The summed E-state index contributed by atoms with van der Waals surface area (Å²) < 4.78 is 34.4. The van der Waals surface area contributed by atoms with Gasteiger partial charge in [-0.1, -0.05) is 64.0 Å². The molecule has 2 aromatic carbocycles. The molecule has 2 unspecified atom stereocenters. The second kappa shape index (κ2) is 10.3. The topological polar surface area (TPSA) is 9.23 Å². The molecule has 0 radical (unpaired) electrons.